The first kappa shape index (κ1) is 17.9. The van der Waals surface area contributed by atoms with Crippen LogP contribution in [0.4, 0.5) is 4.39 Å². The van der Waals surface area contributed by atoms with Gasteiger partial charge in [-0.2, -0.15) is 4.39 Å². The lowest BCUT2D eigenvalue weighted by atomic mass is 9.78. The van der Waals surface area contributed by atoms with Gasteiger partial charge in [0.15, 0.2) is 5.69 Å². The number of pyridine rings is 1. The fourth-order valence-corrected chi connectivity index (χ4v) is 4.47. The number of hydrogen-bond donors (Lipinski definition) is 0. The number of imidazole rings is 1. The standard InChI is InChI=1S/C20H25FN4O2/c1-3-9-23-10-4-7-20(19(23)27)8-11-24(13-20)18(26)16-17(21)25-12-14(2)5-6-15(25)22-16/h5-6,12H,3-4,7-11,13H2,1-2H3/t20-/m1/s1. The molecule has 0 N–H and O–H groups in total. The zero-order valence-electron chi connectivity index (χ0n) is 15.9. The maximum absolute atomic E-state index is 14.8. The van der Waals surface area contributed by atoms with E-state index in [1.807, 2.05) is 17.9 Å². The van der Waals surface area contributed by atoms with Gasteiger partial charge in [0, 0.05) is 32.4 Å². The lowest BCUT2D eigenvalue weighted by molar-refractivity contribution is -0.145. The Kier molecular flexibility index (Phi) is 4.40. The normalized spacial score (nSPS) is 23.0. The van der Waals surface area contributed by atoms with Gasteiger partial charge >= 0.3 is 0 Å². The van der Waals surface area contributed by atoms with E-state index in [-0.39, 0.29) is 11.6 Å². The van der Waals surface area contributed by atoms with E-state index in [1.165, 1.54) is 4.40 Å². The van der Waals surface area contributed by atoms with Gasteiger partial charge in [0.2, 0.25) is 11.9 Å². The van der Waals surface area contributed by atoms with Crippen LogP contribution in [0.15, 0.2) is 18.3 Å². The van der Waals surface area contributed by atoms with E-state index in [4.69, 9.17) is 0 Å². The molecule has 2 saturated heterocycles. The molecule has 4 heterocycles. The molecule has 2 aliphatic rings. The SMILES string of the molecule is CCCN1CCC[C@]2(CCN(C(=O)c3nc4ccc(C)cn4c3F)C2)C1=O. The van der Waals surface area contributed by atoms with Gasteiger partial charge in [-0.25, -0.2) is 4.98 Å². The molecule has 2 fully saturated rings. The van der Waals surface area contributed by atoms with E-state index in [1.54, 1.807) is 17.2 Å². The smallest absolute Gasteiger partial charge is 0.277 e. The van der Waals surface area contributed by atoms with Gasteiger partial charge in [-0.15, -0.1) is 0 Å². The third kappa shape index (κ3) is 2.89. The maximum atomic E-state index is 14.8. The number of carbonyl (C=O) groups excluding carboxylic acids is 2. The lowest BCUT2D eigenvalue weighted by Crippen LogP contribution is -2.50. The van der Waals surface area contributed by atoms with Crippen LogP contribution in [-0.2, 0) is 4.79 Å². The van der Waals surface area contributed by atoms with Crippen LogP contribution >= 0.6 is 0 Å². The zero-order chi connectivity index (χ0) is 19.2. The monoisotopic (exact) mass is 372 g/mol. The highest BCUT2D eigenvalue weighted by atomic mass is 19.1. The fraction of sp³-hybridized carbons (Fsp3) is 0.550. The van der Waals surface area contributed by atoms with Gasteiger partial charge in [-0.3, -0.25) is 14.0 Å². The van der Waals surface area contributed by atoms with E-state index >= 15 is 0 Å². The Hall–Kier alpha value is -2.44. The third-order valence-electron chi connectivity index (χ3n) is 5.87. The molecule has 2 aromatic heterocycles. The first-order valence-corrected chi connectivity index (χ1v) is 9.68. The fourth-order valence-electron chi connectivity index (χ4n) is 4.47. The van der Waals surface area contributed by atoms with Gasteiger partial charge in [-0.1, -0.05) is 13.0 Å². The molecule has 0 unspecified atom stereocenters. The highest BCUT2D eigenvalue weighted by Crippen LogP contribution is 2.40. The molecule has 1 spiro atoms. The molecule has 1 atom stereocenters. The predicted octanol–water partition coefficient (Wildman–Crippen LogP) is 2.65. The molecule has 2 aromatic rings. The molecule has 0 saturated carbocycles. The molecule has 7 heteroatoms. The van der Waals surface area contributed by atoms with Crippen LogP contribution in [0.2, 0.25) is 0 Å². The second kappa shape index (κ2) is 6.62. The molecular formula is C20H25FN4O2. The van der Waals surface area contributed by atoms with Gasteiger partial charge in [-0.05, 0) is 44.2 Å². The number of amides is 2. The summed E-state index contributed by atoms with van der Waals surface area (Å²) in [6.45, 7) is 6.31. The Morgan fingerprint density at radius 3 is 2.89 bits per heavy atom. The summed E-state index contributed by atoms with van der Waals surface area (Å²) in [5.41, 5.74) is 0.640. The van der Waals surface area contributed by atoms with Gasteiger partial charge in [0.05, 0.1) is 5.41 Å². The van der Waals surface area contributed by atoms with Crippen LogP contribution in [0.1, 0.15) is 48.7 Å². The van der Waals surface area contributed by atoms with Crippen LogP contribution in [0.25, 0.3) is 5.65 Å². The van der Waals surface area contributed by atoms with Crippen LogP contribution in [0.5, 0.6) is 0 Å². The molecule has 4 rings (SSSR count). The number of piperidine rings is 1. The highest BCUT2D eigenvalue weighted by molar-refractivity contribution is 5.94. The van der Waals surface area contributed by atoms with Crippen LogP contribution < -0.4 is 0 Å². The van der Waals surface area contributed by atoms with Crippen molar-refractivity contribution in [3.05, 3.63) is 35.5 Å². The molecule has 27 heavy (non-hydrogen) atoms. The van der Waals surface area contributed by atoms with Crippen molar-refractivity contribution in [2.75, 3.05) is 26.2 Å². The van der Waals surface area contributed by atoms with E-state index in [2.05, 4.69) is 11.9 Å². The lowest BCUT2D eigenvalue weighted by Gasteiger charge is -2.39. The van der Waals surface area contributed by atoms with Crippen LogP contribution in [-0.4, -0.2) is 57.2 Å². The molecule has 0 bridgehead atoms. The second-order valence-corrected chi connectivity index (χ2v) is 7.84. The summed E-state index contributed by atoms with van der Waals surface area (Å²) in [6, 6.07) is 3.54. The second-order valence-electron chi connectivity index (χ2n) is 7.84. The molecule has 2 amide bonds. The largest absolute Gasteiger partial charge is 0.342 e. The number of aryl methyl sites for hydroxylation is 1. The number of halogens is 1. The minimum absolute atomic E-state index is 0.150. The summed E-state index contributed by atoms with van der Waals surface area (Å²) in [7, 11) is 0. The van der Waals surface area contributed by atoms with E-state index in [0.717, 1.165) is 37.9 Å². The number of fused-ring (bicyclic) bond motifs is 1. The highest BCUT2D eigenvalue weighted by Gasteiger charge is 2.49. The van der Waals surface area contributed by atoms with E-state index < -0.39 is 17.3 Å². The van der Waals surface area contributed by atoms with Crippen molar-refractivity contribution >= 4 is 17.5 Å². The van der Waals surface area contributed by atoms with Crippen molar-refractivity contribution in [3.8, 4) is 0 Å². The molecule has 0 aromatic carbocycles. The quantitative estimate of drug-likeness (QED) is 0.832. The van der Waals surface area contributed by atoms with Crippen molar-refractivity contribution in [1.82, 2.24) is 19.2 Å². The van der Waals surface area contributed by atoms with Crippen molar-refractivity contribution in [2.45, 2.75) is 39.5 Å². The Balaban J connectivity index is 1.58. The summed E-state index contributed by atoms with van der Waals surface area (Å²) < 4.78 is 16.1. The molecule has 0 radical (unpaired) electrons. The zero-order valence-corrected chi connectivity index (χ0v) is 15.9. The van der Waals surface area contributed by atoms with Crippen molar-refractivity contribution < 1.29 is 14.0 Å². The Labute approximate surface area is 158 Å². The number of carbonyl (C=O) groups is 2. The third-order valence-corrected chi connectivity index (χ3v) is 5.87. The first-order chi connectivity index (χ1) is 12.9. The summed E-state index contributed by atoms with van der Waals surface area (Å²) in [5.74, 6) is -0.912. The maximum Gasteiger partial charge on any atom is 0.277 e. The van der Waals surface area contributed by atoms with Gasteiger partial charge in [0.25, 0.3) is 5.91 Å². The summed E-state index contributed by atoms with van der Waals surface area (Å²) in [6.07, 6.45) is 4.95. The number of rotatable bonds is 3. The molecular weight excluding hydrogens is 347 g/mol. The average Bonchev–Trinajstić information content (AvgIpc) is 3.22. The van der Waals surface area contributed by atoms with E-state index in [0.29, 0.717) is 25.2 Å². The summed E-state index contributed by atoms with van der Waals surface area (Å²) in [4.78, 5) is 33.7. The first-order valence-electron chi connectivity index (χ1n) is 9.68. The minimum atomic E-state index is -0.637. The number of hydrogen-bond acceptors (Lipinski definition) is 3. The van der Waals surface area contributed by atoms with Crippen molar-refractivity contribution in [3.63, 3.8) is 0 Å². The average molecular weight is 372 g/mol. The van der Waals surface area contributed by atoms with Crippen LogP contribution in [0.3, 0.4) is 0 Å². The topological polar surface area (TPSA) is 57.9 Å². The number of nitrogens with zero attached hydrogens (tertiary/aromatic N) is 4. The molecule has 2 aliphatic heterocycles. The minimum Gasteiger partial charge on any atom is -0.342 e. The molecule has 144 valence electrons. The van der Waals surface area contributed by atoms with Crippen molar-refractivity contribution in [1.29, 1.82) is 0 Å². The molecule has 6 nitrogen and oxygen atoms in total. The molecule has 0 aliphatic carbocycles. The summed E-state index contributed by atoms with van der Waals surface area (Å²) in [5, 5.41) is 0. The predicted molar refractivity (Wildman–Crippen MR) is 98.9 cm³/mol. The van der Waals surface area contributed by atoms with E-state index in [9.17, 15) is 14.0 Å². The van der Waals surface area contributed by atoms with Gasteiger partial charge < -0.3 is 9.80 Å². The number of aromatic nitrogens is 2. The Bertz CT molecular complexity index is 907. The van der Waals surface area contributed by atoms with Crippen LogP contribution in [0, 0.1) is 18.3 Å². The number of likely N-dealkylation sites (tertiary alicyclic amines) is 2. The van der Waals surface area contributed by atoms with Crippen molar-refractivity contribution in [2.24, 2.45) is 5.41 Å². The Morgan fingerprint density at radius 2 is 2.11 bits per heavy atom. The Morgan fingerprint density at radius 1 is 1.30 bits per heavy atom. The van der Waals surface area contributed by atoms with Gasteiger partial charge in [0.1, 0.15) is 5.65 Å². The summed E-state index contributed by atoms with van der Waals surface area (Å²) >= 11 is 0.